The van der Waals surface area contributed by atoms with E-state index in [1.165, 1.54) is 42.5 Å². The van der Waals surface area contributed by atoms with Crippen LogP contribution in [-0.2, 0) is 11.3 Å². The third kappa shape index (κ3) is 6.72. The summed E-state index contributed by atoms with van der Waals surface area (Å²) in [6.45, 7) is 0.517. The third-order valence-corrected chi connectivity index (χ3v) is 3.49. The number of amides is 1. The lowest BCUT2D eigenvalue weighted by Gasteiger charge is -2.19. The summed E-state index contributed by atoms with van der Waals surface area (Å²) >= 11 is 0. The van der Waals surface area contributed by atoms with E-state index in [9.17, 15) is 22.4 Å². The van der Waals surface area contributed by atoms with Gasteiger partial charge in [0.15, 0.2) is 0 Å². The molecule has 0 atom stereocenters. The molecule has 1 N–H and O–H groups in total. The molecule has 0 saturated heterocycles. The van der Waals surface area contributed by atoms with Crippen molar-refractivity contribution in [1.29, 1.82) is 0 Å². The number of carbonyl (C=O) groups excluding carboxylic acids is 1. The number of ether oxygens (including phenoxy) is 1. The molecule has 0 bridgehead atoms. The van der Waals surface area contributed by atoms with E-state index in [1.54, 1.807) is 18.0 Å². The molecule has 0 spiro atoms. The van der Waals surface area contributed by atoms with Crippen LogP contribution in [0.4, 0.5) is 23.2 Å². The average molecular weight is 370 g/mol. The fraction of sp³-hybridized carbons (Fsp3) is 0.278. The Kier molecular flexibility index (Phi) is 6.57. The molecule has 0 aliphatic rings. The first-order valence-electron chi connectivity index (χ1n) is 7.80. The zero-order valence-electron chi connectivity index (χ0n) is 14.0. The van der Waals surface area contributed by atoms with Crippen molar-refractivity contribution in [2.24, 2.45) is 0 Å². The van der Waals surface area contributed by atoms with Gasteiger partial charge in [-0.05, 0) is 37.4 Å². The summed E-state index contributed by atoms with van der Waals surface area (Å²) in [5.74, 6) is -0.937. The van der Waals surface area contributed by atoms with Crippen molar-refractivity contribution in [2.75, 3.05) is 18.9 Å². The number of hydrogen-bond acceptors (Lipinski definition) is 3. The van der Waals surface area contributed by atoms with Gasteiger partial charge in [0, 0.05) is 30.8 Å². The van der Waals surface area contributed by atoms with E-state index in [4.69, 9.17) is 0 Å². The van der Waals surface area contributed by atoms with Crippen molar-refractivity contribution in [3.05, 3.63) is 59.9 Å². The zero-order chi connectivity index (χ0) is 19.2. The van der Waals surface area contributed by atoms with Gasteiger partial charge < -0.3 is 15.0 Å². The maximum Gasteiger partial charge on any atom is 0.573 e. The number of hydrogen-bond donors (Lipinski definition) is 1. The molecule has 26 heavy (non-hydrogen) atoms. The first kappa shape index (κ1) is 19.7. The molecular formula is C18H18F4N2O2. The summed E-state index contributed by atoms with van der Waals surface area (Å²) in [5, 5.41) is 2.63. The predicted octanol–water partition coefficient (Wildman–Crippen LogP) is 4.18. The molecule has 1 amide bonds. The van der Waals surface area contributed by atoms with Crippen LogP contribution < -0.4 is 10.1 Å². The number of para-hydroxylation sites is 1. The molecule has 4 nitrogen and oxygen atoms in total. The maximum atomic E-state index is 12.8. The van der Waals surface area contributed by atoms with Gasteiger partial charge in [0.25, 0.3) is 0 Å². The van der Waals surface area contributed by atoms with Gasteiger partial charge in [-0.15, -0.1) is 13.2 Å². The number of carbonyl (C=O) groups is 1. The topological polar surface area (TPSA) is 41.6 Å². The summed E-state index contributed by atoms with van der Waals surface area (Å²) in [7, 11) is 1.69. The minimum atomic E-state index is -4.76. The first-order chi connectivity index (χ1) is 12.2. The molecule has 2 aromatic carbocycles. The van der Waals surface area contributed by atoms with Crippen LogP contribution in [0.5, 0.6) is 5.75 Å². The Morgan fingerprint density at radius 1 is 1.12 bits per heavy atom. The summed E-state index contributed by atoms with van der Waals surface area (Å²) in [4.78, 5) is 13.6. The second-order valence-corrected chi connectivity index (χ2v) is 5.70. The van der Waals surface area contributed by atoms with Crippen LogP contribution in [0.2, 0.25) is 0 Å². The number of alkyl halides is 3. The van der Waals surface area contributed by atoms with Gasteiger partial charge >= 0.3 is 6.36 Å². The molecular weight excluding hydrogens is 352 g/mol. The Morgan fingerprint density at radius 3 is 2.42 bits per heavy atom. The van der Waals surface area contributed by atoms with E-state index in [-0.39, 0.29) is 24.6 Å². The number of benzene rings is 2. The normalized spacial score (nSPS) is 11.5. The first-order valence-corrected chi connectivity index (χ1v) is 7.80. The maximum absolute atomic E-state index is 12.8. The van der Waals surface area contributed by atoms with Crippen molar-refractivity contribution < 1.29 is 27.1 Å². The van der Waals surface area contributed by atoms with E-state index < -0.39 is 12.2 Å². The smallest absolute Gasteiger partial charge is 0.405 e. The van der Waals surface area contributed by atoms with Crippen LogP contribution >= 0.6 is 0 Å². The number of anilines is 1. The third-order valence-electron chi connectivity index (χ3n) is 3.49. The molecule has 0 aliphatic carbocycles. The van der Waals surface area contributed by atoms with Crippen molar-refractivity contribution in [3.8, 4) is 5.75 Å². The quantitative estimate of drug-likeness (QED) is 0.744. The molecule has 0 unspecified atom stereocenters. The van der Waals surface area contributed by atoms with Gasteiger partial charge in [0.1, 0.15) is 11.6 Å². The number of halogens is 4. The van der Waals surface area contributed by atoms with Crippen LogP contribution in [-0.4, -0.2) is 30.8 Å². The molecule has 0 aliphatic heterocycles. The number of rotatable bonds is 7. The molecule has 0 saturated carbocycles. The average Bonchev–Trinajstić information content (AvgIpc) is 2.56. The highest BCUT2D eigenvalue weighted by Gasteiger charge is 2.32. The van der Waals surface area contributed by atoms with Crippen LogP contribution in [0, 0.1) is 5.82 Å². The molecule has 2 aromatic rings. The lowest BCUT2D eigenvalue weighted by Crippen LogP contribution is -2.25. The molecule has 0 radical (unpaired) electrons. The minimum Gasteiger partial charge on any atom is -0.405 e. The van der Waals surface area contributed by atoms with Crippen LogP contribution in [0.3, 0.4) is 0 Å². The Hall–Kier alpha value is -2.61. The van der Waals surface area contributed by atoms with E-state index >= 15 is 0 Å². The molecule has 8 heteroatoms. The van der Waals surface area contributed by atoms with Gasteiger partial charge in [0.05, 0.1) is 0 Å². The van der Waals surface area contributed by atoms with Gasteiger partial charge in [-0.25, -0.2) is 4.39 Å². The largest absolute Gasteiger partial charge is 0.573 e. The minimum absolute atomic E-state index is 0.135. The van der Waals surface area contributed by atoms with E-state index in [0.29, 0.717) is 17.8 Å². The van der Waals surface area contributed by atoms with Crippen LogP contribution in [0.1, 0.15) is 12.0 Å². The summed E-state index contributed by atoms with van der Waals surface area (Å²) in [5.41, 5.74) is 0.842. The van der Waals surface area contributed by atoms with Crippen LogP contribution in [0.25, 0.3) is 0 Å². The number of nitrogens with zero attached hydrogens (tertiary/aromatic N) is 1. The SMILES string of the molecule is CN(CCC(=O)Nc1ccc(F)cc1)Cc1ccccc1OC(F)(F)F. The molecule has 0 fully saturated rings. The van der Waals surface area contributed by atoms with Crippen molar-refractivity contribution >= 4 is 11.6 Å². The molecule has 0 heterocycles. The van der Waals surface area contributed by atoms with E-state index in [2.05, 4.69) is 10.1 Å². The van der Waals surface area contributed by atoms with Crippen molar-refractivity contribution in [1.82, 2.24) is 4.90 Å². The van der Waals surface area contributed by atoms with Gasteiger partial charge in [-0.2, -0.15) is 0 Å². The van der Waals surface area contributed by atoms with E-state index in [0.717, 1.165) is 0 Å². The Morgan fingerprint density at radius 2 is 1.77 bits per heavy atom. The fourth-order valence-electron chi connectivity index (χ4n) is 2.28. The highest BCUT2D eigenvalue weighted by molar-refractivity contribution is 5.90. The monoisotopic (exact) mass is 370 g/mol. The lowest BCUT2D eigenvalue weighted by atomic mass is 10.2. The number of nitrogens with one attached hydrogen (secondary N) is 1. The summed E-state index contributed by atoms with van der Waals surface area (Å²) < 4.78 is 54.1. The Bertz CT molecular complexity index is 733. The highest BCUT2D eigenvalue weighted by atomic mass is 19.4. The molecule has 0 aromatic heterocycles. The second kappa shape index (κ2) is 8.66. The van der Waals surface area contributed by atoms with Gasteiger partial charge in [-0.3, -0.25) is 4.79 Å². The van der Waals surface area contributed by atoms with Gasteiger partial charge in [0.2, 0.25) is 5.91 Å². The predicted molar refractivity (Wildman–Crippen MR) is 89.1 cm³/mol. The van der Waals surface area contributed by atoms with E-state index in [1.807, 2.05) is 0 Å². The fourth-order valence-corrected chi connectivity index (χ4v) is 2.28. The standard InChI is InChI=1S/C18H18F4N2O2/c1-24(11-10-17(25)23-15-8-6-14(19)7-9-15)12-13-4-2-3-5-16(13)26-18(20,21)22/h2-9H,10-12H2,1H3,(H,23,25). The summed E-state index contributed by atoms with van der Waals surface area (Å²) in [6.07, 6.45) is -4.63. The highest BCUT2D eigenvalue weighted by Crippen LogP contribution is 2.26. The lowest BCUT2D eigenvalue weighted by molar-refractivity contribution is -0.275. The molecule has 140 valence electrons. The van der Waals surface area contributed by atoms with Crippen LogP contribution in [0.15, 0.2) is 48.5 Å². The van der Waals surface area contributed by atoms with Crippen molar-refractivity contribution in [2.45, 2.75) is 19.3 Å². The van der Waals surface area contributed by atoms with Gasteiger partial charge in [-0.1, -0.05) is 18.2 Å². The molecule has 2 rings (SSSR count). The second-order valence-electron chi connectivity index (χ2n) is 5.70. The zero-order valence-corrected chi connectivity index (χ0v) is 14.0. The Labute approximate surface area is 148 Å². The Balaban J connectivity index is 1.86. The summed E-state index contributed by atoms with van der Waals surface area (Å²) in [6, 6.07) is 11.2. The van der Waals surface area contributed by atoms with Crippen molar-refractivity contribution in [3.63, 3.8) is 0 Å².